The number of halogens is 2. The average Bonchev–Trinajstić information content (AvgIpc) is 2.59. The van der Waals surface area contributed by atoms with Gasteiger partial charge in [0.1, 0.15) is 17.1 Å². The molecule has 0 aliphatic carbocycles. The fourth-order valence-corrected chi connectivity index (χ4v) is 1.43. The van der Waals surface area contributed by atoms with E-state index in [9.17, 15) is 8.78 Å². The molecule has 3 nitrogen and oxygen atoms in total. The van der Waals surface area contributed by atoms with Gasteiger partial charge in [-0.05, 0) is 25.1 Å². The lowest BCUT2D eigenvalue weighted by Gasteiger charge is -2.02. The van der Waals surface area contributed by atoms with Gasteiger partial charge in [0.05, 0.1) is 6.04 Å². The predicted octanol–water partition coefficient (Wildman–Crippen LogP) is 3.05. The molecular weight excluding hydrogens is 216 g/mol. The lowest BCUT2D eigenvalue weighted by atomic mass is 10.2. The highest BCUT2D eigenvalue weighted by atomic mass is 19.3. The molecule has 2 aromatic rings. The van der Waals surface area contributed by atoms with Crippen molar-refractivity contribution >= 4 is 11.0 Å². The second-order valence-corrected chi connectivity index (χ2v) is 3.52. The molecule has 1 aromatic carbocycles. The molecule has 1 aromatic heterocycles. The van der Waals surface area contributed by atoms with Gasteiger partial charge >= 0.3 is 6.61 Å². The van der Waals surface area contributed by atoms with Crippen LogP contribution in [0.2, 0.25) is 0 Å². The summed E-state index contributed by atoms with van der Waals surface area (Å²) in [5.74, 6) is 0.692. The third-order valence-corrected chi connectivity index (χ3v) is 2.18. The Morgan fingerprint density at radius 2 is 2.06 bits per heavy atom. The molecule has 0 aliphatic rings. The number of hydrogen-bond acceptors (Lipinski definition) is 3. The van der Waals surface area contributed by atoms with Crippen LogP contribution in [0.1, 0.15) is 18.7 Å². The minimum Gasteiger partial charge on any atom is -0.459 e. The molecule has 1 heterocycles. The van der Waals surface area contributed by atoms with Crippen LogP contribution in [0.5, 0.6) is 5.75 Å². The Morgan fingerprint density at radius 1 is 1.31 bits per heavy atom. The zero-order valence-electron chi connectivity index (χ0n) is 8.61. The minimum atomic E-state index is -2.83. The number of benzene rings is 1. The van der Waals surface area contributed by atoms with Crippen molar-refractivity contribution in [1.29, 1.82) is 0 Å². The maximum atomic E-state index is 12.0. The third-order valence-electron chi connectivity index (χ3n) is 2.18. The van der Waals surface area contributed by atoms with Crippen LogP contribution >= 0.6 is 0 Å². The molecule has 86 valence electrons. The fourth-order valence-electron chi connectivity index (χ4n) is 1.43. The quantitative estimate of drug-likeness (QED) is 0.876. The van der Waals surface area contributed by atoms with Crippen LogP contribution in [0.25, 0.3) is 11.0 Å². The molecule has 2 rings (SSSR count). The Morgan fingerprint density at radius 3 is 2.69 bits per heavy atom. The van der Waals surface area contributed by atoms with E-state index >= 15 is 0 Å². The maximum absolute atomic E-state index is 12.0. The van der Waals surface area contributed by atoms with E-state index in [4.69, 9.17) is 10.2 Å². The van der Waals surface area contributed by atoms with Gasteiger partial charge in [0.2, 0.25) is 0 Å². The van der Waals surface area contributed by atoms with Crippen molar-refractivity contribution in [3.63, 3.8) is 0 Å². The zero-order chi connectivity index (χ0) is 11.7. The van der Waals surface area contributed by atoms with Crippen LogP contribution in [-0.4, -0.2) is 6.61 Å². The Balaban J connectivity index is 2.38. The van der Waals surface area contributed by atoms with Crippen LogP contribution in [0.15, 0.2) is 28.7 Å². The fraction of sp³-hybridized carbons (Fsp3) is 0.273. The molecule has 0 radical (unpaired) electrons. The monoisotopic (exact) mass is 227 g/mol. The van der Waals surface area contributed by atoms with Crippen LogP contribution in [0.3, 0.4) is 0 Å². The zero-order valence-corrected chi connectivity index (χ0v) is 8.61. The lowest BCUT2D eigenvalue weighted by molar-refractivity contribution is -0.0497. The van der Waals surface area contributed by atoms with Crippen molar-refractivity contribution in [2.75, 3.05) is 0 Å². The van der Waals surface area contributed by atoms with Crippen molar-refractivity contribution < 1.29 is 17.9 Å². The predicted molar refractivity (Wildman–Crippen MR) is 55.4 cm³/mol. The second kappa shape index (κ2) is 4.09. The molecule has 1 unspecified atom stereocenters. The van der Waals surface area contributed by atoms with Gasteiger partial charge < -0.3 is 14.9 Å². The molecule has 0 bridgehead atoms. The van der Waals surface area contributed by atoms with E-state index in [2.05, 4.69) is 4.74 Å². The molecule has 0 amide bonds. The molecule has 0 saturated carbocycles. The van der Waals surface area contributed by atoms with Crippen molar-refractivity contribution in [3.8, 4) is 5.75 Å². The highest BCUT2D eigenvalue weighted by Crippen LogP contribution is 2.27. The summed E-state index contributed by atoms with van der Waals surface area (Å²) in [6, 6.07) is 6.10. The SMILES string of the molecule is CC(N)c1cc2ccc(OC(F)F)cc2o1. The van der Waals surface area contributed by atoms with E-state index in [1.54, 1.807) is 19.1 Å². The third kappa shape index (κ3) is 2.14. The first-order valence-corrected chi connectivity index (χ1v) is 4.80. The lowest BCUT2D eigenvalue weighted by Crippen LogP contribution is -2.02. The van der Waals surface area contributed by atoms with Gasteiger partial charge in [0.15, 0.2) is 0 Å². The van der Waals surface area contributed by atoms with Crippen LogP contribution in [0.4, 0.5) is 8.78 Å². The summed E-state index contributed by atoms with van der Waals surface area (Å²) in [5.41, 5.74) is 6.14. The smallest absolute Gasteiger partial charge is 0.387 e. The van der Waals surface area contributed by atoms with Gasteiger partial charge in [-0.3, -0.25) is 0 Å². The summed E-state index contributed by atoms with van der Waals surface area (Å²) in [6.07, 6.45) is 0. The molecular formula is C11H11F2NO2. The summed E-state index contributed by atoms with van der Waals surface area (Å²) in [5, 5.41) is 0.814. The highest BCUT2D eigenvalue weighted by molar-refractivity contribution is 5.79. The van der Waals surface area contributed by atoms with E-state index in [0.717, 1.165) is 5.39 Å². The topological polar surface area (TPSA) is 48.4 Å². The van der Waals surface area contributed by atoms with Gasteiger partial charge in [-0.2, -0.15) is 8.78 Å². The molecule has 0 saturated heterocycles. The average molecular weight is 227 g/mol. The maximum Gasteiger partial charge on any atom is 0.387 e. The Labute approximate surface area is 90.8 Å². The van der Waals surface area contributed by atoms with E-state index in [0.29, 0.717) is 11.3 Å². The van der Waals surface area contributed by atoms with E-state index in [1.807, 2.05) is 0 Å². The van der Waals surface area contributed by atoms with E-state index < -0.39 is 6.61 Å². The number of nitrogens with two attached hydrogens (primary N) is 1. The Kier molecular flexibility index (Phi) is 2.78. The normalized spacial score (nSPS) is 13.3. The molecule has 0 spiro atoms. The van der Waals surface area contributed by atoms with Gasteiger partial charge in [0.25, 0.3) is 0 Å². The summed E-state index contributed by atoms with van der Waals surface area (Å²) < 4.78 is 33.6. The van der Waals surface area contributed by atoms with Crippen molar-refractivity contribution in [2.45, 2.75) is 19.6 Å². The number of ether oxygens (including phenoxy) is 1. The highest BCUT2D eigenvalue weighted by Gasteiger charge is 2.10. The Bertz CT molecular complexity index is 494. The first kappa shape index (κ1) is 10.9. The van der Waals surface area contributed by atoms with Gasteiger partial charge in [-0.25, -0.2) is 0 Å². The summed E-state index contributed by atoms with van der Waals surface area (Å²) in [6.45, 7) is -1.05. The molecule has 2 N–H and O–H groups in total. The number of furan rings is 1. The standard InChI is InChI=1S/C11H11F2NO2/c1-6(14)9-4-7-2-3-8(15-11(12)13)5-10(7)16-9/h2-6,11H,14H2,1H3. The summed E-state index contributed by atoms with van der Waals surface area (Å²) in [7, 11) is 0. The van der Waals surface area contributed by atoms with Gasteiger partial charge in [0, 0.05) is 11.5 Å². The minimum absolute atomic E-state index is 0.0769. The molecule has 0 aliphatic heterocycles. The van der Waals surface area contributed by atoms with Crippen LogP contribution < -0.4 is 10.5 Å². The van der Waals surface area contributed by atoms with Crippen molar-refractivity contribution in [1.82, 2.24) is 0 Å². The van der Waals surface area contributed by atoms with Crippen LogP contribution in [-0.2, 0) is 0 Å². The summed E-state index contributed by atoms with van der Waals surface area (Å²) in [4.78, 5) is 0. The molecule has 16 heavy (non-hydrogen) atoms. The van der Waals surface area contributed by atoms with Crippen molar-refractivity contribution in [2.24, 2.45) is 5.73 Å². The number of hydrogen-bond donors (Lipinski definition) is 1. The van der Waals surface area contributed by atoms with E-state index in [-0.39, 0.29) is 11.8 Å². The Hall–Kier alpha value is -1.62. The number of fused-ring (bicyclic) bond motifs is 1. The van der Waals surface area contributed by atoms with Crippen LogP contribution in [0, 0.1) is 0 Å². The first-order chi connectivity index (χ1) is 7.56. The summed E-state index contributed by atoms with van der Waals surface area (Å²) >= 11 is 0. The van der Waals surface area contributed by atoms with Gasteiger partial charge in [-0.1, -0.05) is 0 Å². The number of alkyl halides is 2. The molecule has 0 fully saturated rings. The van der Waals surface area contributed by atoms with E-state index in [1.165, 1.54) is 12.1 Å². The molecule has 5 heteroatoms. The van der Waals surface area contributed by atoms with Crippen molar-refractivity contribution in [3.05, 3.63) is 30.0 Å². The first-order valence-electron chi connectivity index (χ1n) is 4.80. The van der Waals surface area contributed by atoms with Gasteiger partial charge in [-0.15, -0.1) is 0 Å². The molecule has 1 atom stereocenters. The number of rotatable bonds is 3. The second-order valence-electron chi connectivity index (χ2n) is 3.52. The largest absolute Gasteiger partial charge is 0.459 e.